The van der Waals surface area contributed by atoms with E-state index in [9.17, 15) is 4.39 Å². The number of halogens is 1. The molecule has 0 bridgehead atoms. The summed E-state index contributed by atoms with van der Waals surface area (Å²) in [6.07, 6.45) is 0. The van der Waals surface area contributed by atoms with E-state index in [0.717, 1.165) is 5.46 Å². The average molecular weight is 278 g/mol. The van der Waals surface area contributed by atoms with Crippen LogP contribution in [0.5, 0.6) is 0 Å². The van der Waals surface area contributed by atoms with Crippen molar-refractivity contribution >= 4 is 12.6 Å². The van der Waals surface area contributed by atoms with E-state index in [-0.39, 0.29) is 22.9 Å². The van der Waals surface area contributed by atoms with Crippen LogP contribution in [0.1, 0.15) is 39.2 Å². The summed E-state index contributed by atoms with van der Waals surface area (Å²) in [5.74, 6) is -0.0315. The summed E-state index contributed by atoms with van der Waals surface area (Å²) < 4.78 is 31.0. The molecule has 2 saturated heterocycles. The minimum Gasteiger partial charge on any atom is -0.399 e. The van der Waals surface area contributed by atoms with Crippen molar-refractivity contribution in [3.8, 4) is 0 Å². The third-order valence-electron chi connectivity index (χ3n) is 4.62. The quantitative estimate of drug-likeness (QED) is 0.776. The predicted molar refractivity (Wildman–Crippen MR) is 75.7 cm³/mol. The van der Waals surface area contributed by atoms with E-state index in [1.165, 1.54) is 6.07 Å². The van der Waals surface area contributed by atoms with Crippen molar-refractivity contribution in [2.75, 3.05) is 13.2 Å². The maximum Gasteiger partial charge on any atom is 0.494 e. The van der Waals surface area contributed by atoms with Gasteiger partial charge in [-0.05, 0) is 44.8 Å². The maximum atomic E-state index is 13.9. The van der Waals surface area contributed by atoms with Crippen LogP contribution in [0.25, 0.3) is 0 Å². The highest BCUT2D eigenvalue weighted by molar-refractivity contribution is 6.62. The highest BCUT2D eigenvalue weighted by atomic mass is 19.1. The van der Waals surface area contributed by atoms with Crippen molar-refractivity contribution in [1.82, 2.24) is 0 Å². The smallest absolute Gasteiger partial charge is 0.399 e. The van der Waals surface area contributed by atoms with Crippen molar-refractivity contribution in [3.63, 3.8) is 0 Å². The van der Waals surface area contributed by atoms with E-state index in [1.54, 1.807) is 6.07 Å². The van der Waals surface area contributed by atoms with Crippen molar-refractivity contribution in [2.45, 2.75) is 44.8 Å². The number of benzene rings is 1. The van der Waals surface area contributed by atoms with E-state index in [4.69, 9.17) is 14.0 Å². The largest absolute Gasteiger partial charge is 0.494 e. The Kier molecular flexibility index (Phi) is 3.20. The molecule has 2 aliphatic heterocycles. The Labute approximate surface area is 119 Å². The van der Waals surface area contributed by atoms with E-state index in [0.29, 0.717) is 18.8 Å². The second-order valence-corrected chi connectivity index (χ2v) is 6.60. The molecule has 5 heteroatoms. The van der Waals surface area contributed by atoms with Gasteiger partial charge in [-0.25, -0.2) is 4.39 Å². The molecule has 1 aromatic rings. The molecule has 0 spiro atoms. The Morgan fingerprint density at radius 2 is 1.70 bits per heavy atom. The van der Waals surface area contributed by atoms with Gasteiger partial charge in [0.1, 0.15) is 5.82 Å². The van der Waals surface area contributed by atoms with E-state index >= 15 is 0 Å². The summed E-state index contributed by atoms with van der Waals surface area (Å²) in [7, 11) is -0.444. The van der Waals surface area contributed by atoms with Gasteiger partial charge in [0.2, 0.25) is 0 Å². The first-order chi connectivity index (χ1) is 9.30. The van der Waals surface area contributed by atoms with Gasteiger partial charge in [-0.1, -0.05) is 12.1 Å². The number of hydrogen-bond acceptors (Lipinski definition) is 3. The summed E-state index contributed by atoms with van der Waals surface area (Å²) in [5, 5.41) is 0. The minimum atomic E-state index is -0.444. The molecule has 0 N–H and O–H groups in total. The molecule has 0 saturated carbocycles. The monoisotopic (exact) mass is 278 g/mol. The molecule has 2 heterocycles. The summed E-state index contributed by atoms with van der Waals surface area (Å²) in [5.41, 5.74) is 0.799. The fraction of sp³-hybridized carbons (Fsp3) is 0.600. The van der Waals surface area contributed by atoms with Gasteiger partial charge in [0.25, 0.3) is 0 Å². The number of hydrogen-bond donors (Lipinski definition) is 0. The second-order valence-electron chi connectivity index (χ2n) is 6.60. The van der Waals surface area contributed by atoms with Crippen LogP contribution in [0.3, 0.4) is 0 Å². The summed E-state index contributed by atoms with van der Waals surface area (Å²) in [6.45, 7) is 9.22. The fourth-order valence-corrected chi connectivity index (χ4v) is 2.42. The first kappa shape index (κ1) is 14.0. The lowest BCUT2D eigenvalue weighted by molar-refractivity contribution is 0.00578. The molecule has 3 rings (SSSR count). The van der Waals surface area contributed by atoms with Gasteiger partial charge in [0.05, 0.1) is 24.4 Å². The highest BCUT2D eigenvalue weighted by Gasteiger charge is 2.51. The summed E-state index contributed by atoms with van der Waals surface area (Å²) in [6, 6.07) is 5.08. The highest BCUT2D eigenvalue weighted by Crippen LogP contribution is 2.36. The summed E-state index contributed by atoms with van der Waals surface area (Å²) >= 11 is 0. The fourth-order valence-electron chi connectivity index (χ4n) is 2.42. The van der Waals surface area contributed by atoms with Gasteiger partial charge < -0.3 is 14.0 Å². The average Bonchev–Trinajstić information content (AvgIpc) is 2.49. The van der Waals surface area contributed by atoms with Gasteiger partial charge in [0, 0.05) is 5.92 Å². The molecular formula is C15H20BFO3. The molecule has 0 aliphatic carbocycles. The number of rotatable bonds is 2. The zero-order valence-corrected chi connectivity index (χ0v) is 12.4. The third-order valence-corrected chi connectivity index (χ3v) is 4.62. The molecule has 0 radical (unpaired) electrons. The molecule has 0 amide bonds. The van der Waals surface area contributed by atoms with Crippen LogP contribution in [0, 0.1) is 5.82 Å². The molecule has 0 aromatic heterocycles. The second kappa shape index (κ2) is 4.55. The lowest BCUT2D eigenvalue weighted by Gasteiger charge is -2.32. The van der Waals surface area contributed by atoms with Crippen molar-refractivity contribution < 1.29 is 18.4 Å². The number of ether oxygens (including phenoxy) is 1. The topological polar surface area (TPSA) is 27.7 Å². The van der Waals surface area contributed by atoms with Crippen LogP contribution >= 0.6 is 0 Å². The Balaban J connectivity index is 1.88. The van der Waals surface area contributed by atoms with Crippen molar-refractivity contribution in [1.29, 1.82) is 0 Å². The molecule has 2 aliphatic rings. The van der Waals surface area contributed by atoms with Crippen molar-refractivity contribution in [2.24, 2.45) is 0 Å². The Hall–Kier alpha value is -0.905. The zero-order chi connectivity index (χ0) is 14.5. The Bertz CT molecular complexity index is 510. The molecule has 0 atom stereocenters. The molecule has 2 fully saturated rings. The van der Waals surface area contributed by atoms with Crippen molar-refractivity contribution in [3.05, 3.63) is 29.6 Å². The van der Waals surface area contributed by atoms with E-state index < -0.39 is 7.12 Å². The molecule has 108 valence electrons. The van der Waals surface area contributed by atoms with Crippen LogP contribution in [0.4, 0.5) is 4.39 Å². The lowest BCUT2D eigenvalue weighted by Crippen LogP contribution is -2.41. The Morgan fingerprint density at radius 1 is 1.10 bits per heavy atom. The van der Waals surface area contributed by atoms with Crippen LogP contribution in [0.15, 0.2) is 18.2 Å². The third kappa shape index (κ3) is 2.18. The molecular weight excluding hydrogens is 258 g/mol. The van der Waals surface area contributed by atoms with Gasteiger partial charge in [-0.15, -0.1) is 0 Å². The standard InChI is InChI=1S/C15H20BFO3/c1-14(2)15(3,4)20-16(19-14)11-5-6-13(17)12(7-11)10-8-18-9-10/h5-7,10H,8-9H2,1-4H3. The summed E-state index contributed by atoms with van der Waals surface area (Å²) in [4.78, 5) is 0. The normalized spacial score (nSPS) is 24.8. The first-order valence-corrected chi connectivity index (χ1v) is 7.03. The molecule has 3 nitrogen and oxygen atoms in total. The lowest BCUT2D eigenvalue weighted by atomic mass is 9.77. The first-order valence-electron chi connectivity index (χ1n) is 7.03. The Morgan fingerprint density at radius 3 is 2.20 bits per heavy atom. The molecule has 0 unspecified atom stereocenters. The van der Waals surface area contributed by atoms with Gasteiger partial charge in [0.15, 0.2) is 0 Å². The zero-order valence-electron chi connectivity index (χ0n) is 12.4. The van der Waals surface area contributed by atoms with Crippen LogP contribution in [0.2, 0.25) is 0 Å². The van der Waals surface area contributed by atoms with Gasteiger partial charge in [-0.2, -0.15) is 0 Å². The van der Waals surface area contributed by atoms with Gasteiger partial charge >= 0.3 is 7.12 Å². The van der Waals surface area contributed by atoms with Crippen LogP contribution < -0.4 is 5.46 Å². The van der Waals surface area contributed by atoms with Crippen LogP contribution in [-0.4, -0.2) is 31.5 Å². The molecule has 20 heavy (non-hydrogen) atoms. The van der Waals surface area contributed by atoms with E-state index in [2.05, 4.69) is 0 Å². The predicted octanol–water partition coefficient (Wildman–Crippen LogP) is 2.24. The van der Waals surface area contributed by atoms with Crippen LogP contribution in [-0.2, 0) is 14.0 Å². The SMILES string of the molecule is CC1(C)OB(c2ccc(F)c(C3COC3)c2)OC1(C)C. The molecule has 1 aromatic carbocycles. The minimum absolute atomic E-state index is 0.150. The van der Waals surface area contributed by atoms with E-state index in [1.807, 2.05) is 33.8 Å². The maximum absolute atomic E-state index is 13.9. The van der Waals surface area contributed by atoms with Gasteiger partial charge in [-0.3, -0.25) is 0 Å².